The monoisotopic (exact) mass is 388 g/mol. The molecule has 2 fully saturated rings. The zero-order valence-corrected chi connectivity index (χ0v) is 15.8. The first-order valence-corrected chi connectivity index (χ1v) is 11.0. The van der Waals surface area contributed by atoms with Gasteiger partial charge in [-0.15, -0.1) is 0 Å². The Hall–Kier alpha value is -1.65. The van der Waals surface area contributed by atoms with E-state index in [0.717, 1.165) is 4.31 Å². The summed E-state index contributed by atoms with van der Waals surface area (Å²) < 4.78 is 55.0. The first-order chi connectivity index (χ1) is 11.6. The largest absolute Gasteiger partial charge is 0.495 e. The lowest BCUT2D eigenvalue weighted by atomic mass is 10.0. The zero-order valence-electron chi connectivity index (χ0n) is 14.2. The second-order valence-corrected chi connectivity index (χ2v) is 10.8. The fraction of sp³-hybridized carbons (Fsp3) is 0.533. The molecule has 0 saturated carbocycles. The lowest BCUT2D eigenvalue weighted by Crippen LogP contribution is -2.36. The van der Waals surface area contributed by atoms with Crippen molar-refractivity contribution in [1.29, 1.82) is 0 Å². The highest BCUT2D eigenvalue weighted by atomic mass is 32.2. The number of sulfonamides is 1. The molecular weight excluding hydrogens is 368 g/mol. The molecular formula is C15H20N2O6S2. The summed E-state index contributed by atoms with van der Waals surface area (Å²) in [6.45, 7) is 0. The van der Waals surface area contributed by atoms with Gasteiger partial charge >= 0.3 is 0 Å². The molecule has 1 aromatic carbocycles. The van der Waals surface area contributed by atoms with E-state index in [0.29, 0.717) is 11.4 Å². The Kier molecular flexibility index (Phi) is 4.33. The normalized spacial score (nSPS) is 25.4. The van der Waals surface area contributed by atoms with E-state index in [-0.39, 0.29) is 34.6 Å². The van der Waals surface area contributed by atoms with Crippen molar-refractivity contribution in [3.63, 3.8) is 0 Å². The number of ether oxygens (including phenoxy) is 1. The number of amides is 1. The summed E-state index contributed by atoms with van der Waals surface area (Å²) in [5.74, 6) is -0.287. The average Bonchev–Trinajstić information content (AvgIpc) is 2.96. The number of carbonyl (C=O) groups is 1. The van der Waals surface area contributed by atoms with Crippen molar-refractivity contribution >= 4 is 31.5 Å². The number of fused-ring (bicyclic) bond motifs is 1. The fourth-order valence-electron chi connectivity index (χ4n) is 3.43. The lowest BCUT2D eigenvalue weighted by Gasteiger charge is -2.26. The predicted octanol–water partition coefficient (Wildman–Crippen LogP) is 0.0954. The molecule has 2 saturated heterocycles. The Balaban J connectivity index is 2.11. The first-order valence-electron chi connectivity index (χ1n) is 7.70. The number of carbonyl (C=O) groups excluding carboxylic acids is 1. The number of rotatable bonds is 4. The Morgan fingerprint density at radius 3 is 2.52 bits per heavy atom. The summed E-state index contributed by atoms with van der Waals surface area (Å²) in [5.41, 5.74) is 0.292. The van der Waals surface area contributed by atoms with Gasteiger partial charge in [0.15, 0.2) is 9.84 Å². The first kappa shape index (κ1) is 18.2. The molecule has 1 aromatic rings. The second-order valence-electron chi connectivity index (χ2n) is 6.49. The van der Waals surface area contributed by atoms with Crippen molar-refractivity contribution in [2.75, 3.05) is 37.6 Å². The minimum atomic E-state index is -3.69. The molecule has 2 atom stereocenters. The maximum Gasteiger partial charge on any atom is 0.242 e. The van der Waals surface area contributed by atoms with Crippen LogP contribution < -0.4 is 9.64 Å². The van der Waals surface area contributed by atoms with E-state index in [1.165, 1.54) is 44.3 Å². The van der Waals surface area contributed by atoms with Gasteiger partial charge < -0.3 is 9.64 Å². The van der Waals surface area contributed by atoms with Gasteiger partial charge in [-0.25, -0.2) is 21.1 Å². The van der Waals surface area contributed by atoms with Crippen LogP contribution in [0.1, 0.15) is 6.42 Å². The van der Waals surface area contributed by atoms with Gasteiger partial charge in [-0.05, 0) is 18.2 Å². The third-order valence-electron chi connectivity index (χ3n) is 4.66. The SMILES string of the molecule is COc1ccc(S(=O)(=O)N(C)C)cc1N1C(=O)C[C@@H]2CS(=O)(=O)C[C@@H]21. The predicted molar refractivity (Wildman–Crippen MR) is 91.9 cm³/mol. The molecule has 0 spiro atoms. The number of nitrogens with zero attached hydrogens (tertiary/aromatic N) is 2. The smallest absolute Gasteiger partial charge is 0.242 e. The van der Waals surface area contributed by atoms with Crippen molar-refractivity contribution in [2.45, 2.75) is 17.4 Å². The number of methoxy groups -OCH3 is 1. The molecule has 2 aliphatic rings. The molecule has 0 unspecified atom stereocenters. The molecule has 3 rings (SSSR count). The summed E-state index contributed by atoms with van der Waals surface area (Å²) in [6.07, 6.45) is 0.137. The molecule has 0 aliphatic carbocycles. The third-order valence-corrected chi connectivity index (χ3v) is 8.26. The molecule has 8 nitrogen and oxygen atoms in total. The molecule has 25 heavy (non-hydrogen) atoms. The van der Waals surface area contributed by atoms with Gasteiger partial charge in [0.2, 0.25) is 15.9 Å². The number of sulfone groups is 1. The lowest BCUT2D eigenvalue weighted by molar-refractivity contribution is -0.117. The number of anilines is 1. The van der Waals surface area contributed by atoms with E-state index >= 15 is 0 Å². The van der Waals surface area contributed by atoms with Gasteiger partial charge in [-0.3, -0.25) is 4.79 Å². The van der Waals surface area contributed by atoms with E-state index in [2.05, 4.69) is 0 Å². The molecule has 138 valence electrons. The van der Waals surface area contributed by atoms with Crippen LogP contribution in [0.15, 0.2) is 23.1 Å². The molecule has 0 aromatic heterocycles. The van der Waals surface area contributed by atoms with Crippen LogP contribution in [-0.4, -0.2) is 65.8 Å². The quantitative estimate of drug-likeness (QED) is 0.725. The molecule has 1 amide bonds. The standard InChI is InChI=1S/C15H20N2O6S2/c1-16(2)25(21,22)11-4-5-14(23-3)12(7-11)17-13-9-24(19,20)8-10(13)6-15(17)18/h4-5,7,10,13H,6,8-9H2,1-3H3/t10-,13+/m1/s1. The van der Waals surface area contributed by atoms with Gasteiger partial charge in [-0.1, -0.05) is 0 Å². The highest BCUT2D eigenvalue weighted by Crippen LogP contribution is 2.41. The number of hydrogen-bond donors (Lipinski definition) is 0. The van der Waals surface area contributed by atoms with E-state index in [1.807, 2.05) is 0 Å². The molecule has 0 bridgehead atoms. The van der Waals surface area contributed by atoms with Gasteiger partial charge in [0, 0.05) is 26.4 Å². The molecule has 0 radical (unpaired) electrons. The van der Waals surface area contributed by atoms with Crippen LogP contribution in [0.3, 0.4) is 0 Å². The van der Waals surface area contributed by atoms with Crippen molar-refractivity contribution in [3.05, 3.63) is 18.2 Å². The zero-order chi connectivity index (χ0) is 18.6. The van der Waals surface area contributed by atoms with Crippen LogP contribution in [0, 0.1) is 5.92 Å². The summed E-state index contributed by atoms with van der Waals surface area (Å²) in [5, 5.41) is 0. The Bertz CT molecular complexity index is 923. The fourth-order valence-corrected chi connectivity index (χ4v) is 6.42. The van der Waals surface area contributed by atoms with E-state index in [1.54, 1.807) is 0 Å². The maximum atomic E-state index is 12.5. The van der Waals surface area contributed by atoms with E-state index in [4.69, 9.17) is 4.74 Å². The van der Waals surface area contributed by atoms with Crippen LogP contribution in [0.2, 0.25) is 0 Å². The highest BCUT2D eigenvalue weighted by Gasteiger charge is 2.50. The van der Waals surface area contributed by atoms with Gasteiger partial charge in [0.25, 0.3) is 0 Å². The molecule has 10 heteroatoms. The van der Waals surface area contributed by atoms with Gasteiger partial charge in [-0.2, -0.15) is 0 Å². The topological polar surface area (TPSA) is 101 Å². The van der Waals surface area contributed by atoms with Crippen molar-refractivity contribution in [2.24, 2.45) is 5.92 Å². The summed E-state index contributed by atoms with van der Waals surface area (Å²) in [7, 11) is -2.65. The van der Waals surface area contributed by atoms with E-state index < -0.39 is 25.9 Å². The van der Waals surface area contributed by atoms with Crippen LogP contribution in [-0.2, 0) is 24.7 Å². The Morgan fingerprint density at radius 2 is 1.92 bits per heavy atom. The maximum absolute atomic E-state index is 12.5. The van der Waals surface area contributed by atoms with Crippen molar-refractivity contribution in [3.8, 4) is 5.75 Å². The van der Waals surface area contributed by atoms with Gasteiger partial charge in [0.05, 0.1) is 35.2 Å². The van der Waals surface area contributed by atoms with Crippen LogP contribution in [0.4, 0.5) is 5.69 Å². The van der Waals surface area contributed by atoms with E-state index in [9.17, 15) is 21.6 Å². The highest BCUT2D eigenvalue weighted by molar-refractivity contribution is 7.91. The summed E-state index contributed by atoms with van der Waals surface area (Å²) in [4.78, 5) is 13.9. The summed E-state index contributed by atoms with van der Waals surface area (Å²) in [6, 6.07) is 3.78. The van der Waals surface area contributed by atoms with Crippen LogP contribution >= 0.6 is 0 Å². The Morgan fingerprint density at radius 1 is 1.24 bits per heavy atom. The number of hydrogen-bond acceptors (Lipinski definition) is 6. The van der Waals surface area contributed by atoms with Crippen LogP contribution in [0.25, 0.3) is 0 Å². The molecule has 2 aliphatic heterocycles. The van der Waals surface area contributed by atoms with Gasteiger partial charge in [0.1, 0.15) is 5.75 Å². The molecule has 2 heterocycles. The average molecular weight is 388 g/mol. The summed E-state index contributed by atoms with van der Waals surface area (Å²) >= 11 is 0. The van der Waals surface area contributed by atoms with Crippen LogP contribution in [0.5, 0.6) is 5.75 Å². The van der Waals surface area contributed by atoms with Crippen molar-refractivity contribution < 1.29 is 26.4 Å². The minimum absolute atomic E-state index is 0.0160. The van der Waals surface area contributed by atoms with Crippen molar-refractivity contribution in [1.82, 2.24) is 4.31 Å². The second kappa shape index (κ2) is 5.96. The molecule has 0 N–H and O–H groups in total. The number of benzene rings is 1. The Labute approximate surface area is 147 Å². The minimum Gasteiger partial charge on any atom is -0.495 e. The third kappa shape index (κ3) is 3.02.